The minimum Gasteiger partial charge on any atom is -0.358 e. The summed E-state index contributed by atoms with van der Waals surface area (Å²) in [5, 5.41) is 8.67. The molecule has 1 aromatic heterocycles. The number of amides is 1. The SMILES string of the molecule is C=CCNc1nc(-c2cccc(NC(=O)c3cccc(F)c3)c2)cs1. The molecule has 0 fully saturated rings. The molecule has 25 heavy (non-hydrogen) atoms. The van der Waals surface area contributed by atoms with Crippen molar-refractivity contribution >= 4 is 28.1 Å². The molecule has 0 aliphatic heterocycles. The quantitative estimate of drug-likeness (QED) is 0.626. The van der Waals surface area contributed by atoms with Gasteiger partial charge < -0.3 is 10.6 Å². The Balaban J connectivity index is 1.76. The molecule has 3 rings (SSSR count). The second kappa shape index (κ2) is 7.72. The molecule has 1 amide bonds. The summed E-state index contributed by atoms with van der Waals surface area (Å²) in [7, 11) is 0. The van der Waals surface area contributed by atoms with Crippen molar-refractivity contribution in [3.8, 4) is 11.3 Å². The Bertz CT molecular complexity index is 907. The molecular weight excluding hydrogens is 337 g/mol. The van der Waals surface area contributed by atoms with Gasteiger partial charge in [-0.05, 0) is 30.3 Å². The van der Waals surface area contributed by atoms with Gasteiger partial charge in [0.1, 0.15) is 5.82 Å². The van der Waals surface area contributed by atoms with Crippen LogP contribution in [0.4, 0.5) is 15.2 Å². The van der Waals surface area contributed by atoms with Crippen LogP contribution in [0.1, 0.15) is 10.4 Å². The molecule has 0 saturated carbocycles. The van der Waals surface area contributed by atoms with Crippen molar-refractivity contribution in [1.82, 2.24) is 4.98 Å². The van der Waals surface area contributed by atoms with Gasteiger partial charge in [0.05, 0.1) is 5.69 Å². The Morgan fingerprint density at radius 2 is 2.08 bits per heavy atom. The Morgan fingerprint density at radius 1 is 1.24 bits per heavy atom. The number of nitrogens with one attached hydrogen (secondary N) is 2. The van der Waals surface area contributed by atoms with Crippen LogP contribution in [-0.2, 0) is 0 Å². The second-order valence-electron chi connectivity index (χ2n) is 5.25. The van der Waals surface area contributed by atoms with Crippen LogP contribution in [0.15, 0.2) is 66.6 Å². The highest BCUT2D eigenvalue weighted by atomic mass is 32.1. The van der Waals surface area contributed by atoms with E-state index in [2.05, 4.69) is 22.2 Å². The Labute approximate surface area is 149 Å². The molecule has 6 heteroatoms. The molecule has 3 aromatic rings. The van der Waals surface area contributed by atoms with E-state index in [1.807, 2.05) is 23.6 Å². The first-order chi connectivity index (χ1) is 12.2. The molecule has 0 atom stereocenters. The van der Waals surface area contributed by atoms with Crippen molar-refractivity contribution in [3.05, 3.63) is 77.9 Å². The molecule has 0 saturated heterocycles. The van der Waals surface area contributed by atoms with Crippen LogP contribution in [0.2, 0.25) is 0 Å². The van der Waals surface area contributed by atoms with Crippen LogP contribution >= 0.6 is 11.3 Å². The van der Waals surface area contributed by atoms with Crippen LogP contribution in [-0.4, -0.2) is 17.4 Å². The minimum atomic E-state index is -0.441. The summed E-state index contributed by atoms with van der Waals surface area (Å²) >= 11 is 1.50. The van der Waals surface area contributed by atoms with E-state index in [1.165, 1.54) is 29.5 Å². The zero-order valence-corrected chi connectivity index (χ0v) is 14.1. The van der Waals surface area contributed by atoms with Crippen LogP contribution in [0, 0.1) is 5.82 Å². The van der Waals surface area contributed by atoms with Gasteiger partial charge >= 0.3 is 0 Å². The lowest BCUT2D eigenvalue weighted by molar-refractivity contribution is 0.102. The minimum absolute atomic E-state index is 0.273. The van der Waals surface area contributed by atoms with Gasteiger partial charge in [-0.3, -0.25) is 4.79 Å². The Morgan fingerprint density at radius 3 is 2.88 bits per heavy atom. The molecule has 0 unspecified atom stereocenters. The lowest BCUT2D eigenvalue weighted by atomic mass is 10.1. The standard InChI is InChI=1S/C19H16FN3OS/c1-2-9-21-19-23-17(12-25-19)13-5-4-8-16(11-13)22-18(24)14-6-3-7-15(20)10-14/h2-8,10-12H,1,9H2,(H,21,23)(H,22,24). The van der Waals surface area contributed by atoms with Gasteiger partial charge in [0, 0.05) is 28.7 Å². The number of aromatic nitrogens is 1. The fourth-order valence-electron chi connectivity index (χ4n) is 2.24. The van der Waals surface area contributed by atoms with E-state index in [0.29, 0.717) is 12.2 Å². The summed E-state index contributed by atoms with van der Waals surface area (Å²) in [6, 6.07) is 13.0. The van der Waals surface area contributed by atoms with E-state index in [1.54, 1.807) is 18.2 Å². The molecule has 0 bridgehead atoms. The average Bonchev–Trinajstić information content (AvgIpc) is 3.09. The molecule has 0 radical (unpaired) electrons. The van der Waals surface area contributed by atoms with Gasteiger partial charge in [-0.2, -0.15) is 0 Å². The van der Waals surface area contributed by atoms with E-state index >= 15 is 0 Å². The largest absolute Gasteiger partial charge is 0.358 e. The molecule has 0 aliphatic carbocycles. The molecule has 4 nitrogen and oxygen atoms in total. The van der Waals surface area contributed by atoms with Crippen LogP contribution in [0.25, 0.3) is 11.3 Å². The summed E-state index contributed by atoms with van der Waals surface area (Å²) in [4.78, 5) is 16.7. The van der Waals surface area contributed by atoms with Crippen molar-refractivity contribution in [2.45, 2.75) is 0 Å². The van der Waals surface area contributed by atoms with E-state index in [4.69, 9.17) is 0 Å². The lowest BCUT2D eigenvalue weighted by Gasteiger charge is -2.07. The third-order valence-corrected chi connectivity index (χ3v) is 4.20. The zero-order valence-electron chi connectivity index (χ0n) is 13.3. The van der Waals surface area contributed by atoms with Crippen molar-refractivity contribution < 1.29 is 9.18 Å². The molecule has 0 spiro atoms. The van der Waals surface area contributed by atoms with Crippen molar-refractivity contribution in [2.24, 2.45) is 0 Å². The van der Waals surface area contributed by atoms with Crippen LogP contribution in [0.5, 0.6) is 0 Å². The maximum Gasteiger partial charge on any atom is 0.255 e. The summed E-state index contributed by atoms with van der Waals surface area (Å²) in [6.45, 7) is 4.31. The lowest BCUT2D eigenvalue weighted by Crippen LogP contribution is -2.12. The first-order valence-electron chi connectivity index (χ1n) is 7.63. The first-order valence-corrected chi connectivity index (χ1v) is 8.51. The second-order valence-corrected chi connectivity index (χ2v) is 6.11. The van der Waals surface area contributed by atoms with Crippen molar-refractivity contribution in [1.29, 1.82) is 0 Å². The van der Waals surface area contributed by atoms with Crippen molar-refractivity contribution in [3.63, 3.8) is 0 Å². The Kier molecular flexibility index (Phi) is 5.20. The molecule has 2 N–H and O–H groups in total. The topological polar surface area (TPSA) is 54.0 Å². The highest BCUT2D eigenvalue weighted by Crippen LogP contribution is 2.27. The predicted molar refractivity (Wildman–Crippen MR) is 101 cm³/mol. The summed E-state index contributed by atoms with van der Waals surface area (Å²) in [5.41, 5.74) is 2.61. The Hall–Kier alpha value is -2.99. The number of benzene rings is 2. The number of thiazole rings is 1. The van der Waals surface area contributed by atoms with Gasteiger partial charge in [-0.25, -0.2) is 9.37 Å². The van der Waals surface area contributed by atoms with E-state index in [0.717, 1.165) is 16.4 Å². The number of anilines is 2. The summed E-state index contributed by atoms with van der Waals surface area (Å²) in [5.74, 6) is -0.799. The number of hydrogen-bond donors (Lipinski definition) is 2. The number of carbonyl (C=O) groups is 1. The van der Waals surface area contributed by atoms with Crippen LogP contribution < -0.4 is 10.6 Å². The van der Waals surface area contributed by atoms with Gasteiger partial charge in [0.2, 0.25) is 0 Å². The molecule has 1 heterocycles. The summed E-state index contributed by atoms with van der Waals surface area (Å²) < 4.78 is 13.2. The fraction of sp³-hybridized carbons (Fsp3) is 0.0526. The van der Waals surface area contributed by atoms with E-state index < -0.39 is 5.82 Å². The first kappa shape index (κ1) is 16.9. The maximum atomic E-state index is 13.2. The highest BCUT2D eigenvalue weighted by molar-refractivity contribution is 7.14. The number of rotatable bonds is 6. The maximum absolute atomic E-state index is 13.2. The third kappa shape index (κ3) is 4.30. The van der Waals surface area contributed by atoms with Gasteiger partial charge in [-0.15, -0.1) is 17.9 Å². The number of nitrogens with zero attached hydrogens (tertiary/aromatic N) is 1. The number of hydrogen-bond acceptors (Lipinski definition) is 4. The monoisotopic (exact) mass is 353 g/mol. The van der Waals surface area contributed by atoms with Gasteiger partial charge in [0.25, 0.3) is 5.91 Å². The van der Waals surface area contributed by atoms with E-state index in [9.17, 15) is 9.18 Å². The summed E-state index contributed by atoms with van der Waals surface area (Å²) in [6.07, 6.45) is 1.77. The zero-order chi connectivity index (χ0) is 17.6. The molecule has 0 aliphatic rings. The fourth-order valence-corrected chi connectivity index (χ4v) is 2.97. The number of halogens is 1. The molecular formula is C19H16FN3OS. The smallest absolute Gasteiger partial charge is 0.255 e. The van der Waals surface area contributed by atoms with Gasteiger partial charge in [-0.1, -0.05) is 24.3 Å². The molecule has 2 aromatic carbocycles. The van der Waals surface area contributed by atoms with Gasteiger partial charge in [0.15, 0.2) is 5.13 Å². The normalized spacial score (nSPS) is 10.3. The van der Waals surface area contributed by atoms with Crippen LogP contribution in [0.3, 0.4) is 0 Å². The predicted octanol–water partition coefficient (Wildman–Crippen LogP) is 4.80. The average molecular weight is 353 g/mol. The van der Waals surface area contributed by atoms with Crippen molar-refractivity contribution in [2.75, 3.05) is 17.2 Å². The molecule has 126 valence electrons. The van der Waals surface area contributed by atoms with E-state index in [-0.39, 0.29) is 11.5 Å². The third-order valence-electron chi connectivity index (χ3n) is 3.40. The highest BCUT2D eigenvalue weighted by Gasteiger charge is 2.09. The number of carbonyl (C=O) groups excluding carboxylic acids is 1.